The number of hydrogen-bond donors (Lipinski definition) is 1. The van der Waals surface area contributed by atoms with Crippen molar-refractivity contribution in [3.05, 3.63) is 69.4 Å². The molecule has 0 unspecified atom stereocenters. The molecule has 32 heavy (non-hydrogen) atoms. The molecule has 1 amide bonds. The van der Waals surface area contributed by atoms with E-state index in [1.54, 1.807) is 23.1 Å². The molecule has 2 aliphatic rings. The van der Waals surface area contributed by atoms with Gasteiger partial charge in [-0.25, -0.2) is 9.69 Å². The van der Waals surface area contributed by atoms with E-state index in [1.807, 2.05) is 29.3 Å². The summed E-state index contributed by atoms with van der Waals surface area (Å²) < 4.78 is 7.34. The molecule has 1 aliphatic carbocycles. The summed E-state index contributed by atoms with van der Waals surface area (Å²) in [6.45, 7) is 1.72. The average molecular weight is 471 g/mol. The standard InChI is InChI=1S/C24H24Cl2N4O2/c25-17-9-10-21(20(26)15-17)30-23-16(14-18-7-5-13-32-18)6-4-8-19(23)22(27-30)24(31)28-29-11-2-1-3-12-29/h5,7,9-10,13-15H,1-4,6,8,11-12H2,(H,28,31)/b16-14+. The van der Waals surface area contributed by atoms with E-state index < -0.39 is 0 Å². The van der Waals surface area contributed by atoms with Gasteiger partial charge in [0.25, 0.3) is 5.91 Å². The zero-order valence-corrected chi connectivity index (χ0v) is 19.1. The molecule has 1 saturated heterocycles. The van der Waals surface area contributed by atoms with Crippen molar-refractivity contribution in [2.45, 2.75) is 38.5 Å². The number of furan rings is 1. The zero-order chi connectivity index (χ0) is 22.1. The second-order valence-corrected chi connectivity index (χ2v) is 9.05. The molecule has 0 atom stereocenters. The monoisotopic (exact) mass is 470 g/mol. The predicted molar refractivity (Wildman–Crippen MR) is 126 cm³/mol. The highest BCUT2D eigenvalue weighted by Crippen LogP contribution is 2.37. The van der Waals surface area contributed by atoms with E-state index in [9.17, 15) is 4.79 Å². The van der Waals surface area contributed by atoms with E-state index >= 15 is 0 Å². The molecule has 1 fully saturated rings. The number of nitrogens with zero attached hydrogens (tertiary/aromatic N) is 3. The molecule has 5 rings (SSSR count). The lowest BCUT2D eigenvalue weighted by Crippen LogP contribution is -2.45. The van der Waals surface area contributed by atoms with Gasteiger partial charge in [-0.05, 0) is 74.1 Å². The lowest BCUT2D eigenvalue weighted by Gasteiger charge is -2.26. The SMILES string of the molecule is O=C(NN1CCCCC1)c1nn(-c2ccc(Cl)cc2Cl)c2c1CCC/C2=C\c1ccco1. The Morgan fingerprint density at radius 2 is 1.94 bits per heavy atom. The van der Waals surface area contributed by atoms with Crippen LogP contribution in [0.4, 0.5) is 0 Å². The van der Waals surface area contributed by atoms with Crippen molar-refractivity contribution >= 4 is 40.8 Å². The van der Waals surface area contributed by atoms with Gasteiger partial charge in [0.1, 0.15) is 5.76 Å². The summed E-state index contributed by atoms with van der Waals surface area (Å²) in [7, 11) is 0. The Morgan fingerprint density at radius 3 is 2.69 bits per heavy atom. The number of carbonyl (C=O) groups excluding carboxylic acids is 1. The van der Waals surface area contributed by atoms with Crippen molar-refractivity contribution < 1.29 is 9.21 Å². The number of amides is 1. The average Bonchev–Trinajstić information content (AvgIpc) is 3.43. The highest BCUT2D eigenvalue weighted by Gasteiger charge is 2.30. The molecule has 1 aromatic carbocycles. The first-order valence-electron chi connectivity index (χ1n) is 11.0. The maximum absolute atomic E-state index is 13.3. The maximum Gasteiger partial charge on any atom is 0.286 e. The third kappa shape index (κ3) is 4.22. The maximum atomic E-state index is 13.3. The molecule has 8 heteroatoms. The van der Waals surface area contributed by atoms with E-state index in [0.717, 1.165) is 67.8 Å². The van der Waals surface area contributed by atoms with E-state index in [2.05, 4.69) is 5.43 Å². The van der Waals surface area contributed by atoms with Crippen LogP contribution < -0.4 is 5.43 Å². The molecule has 3 heterocycles. The predicted octanol–water partition coefficient (Wildman–Crippen LogP) is 5.78. The van der Waals surface area contributed by atoms with Crippen LogP contribution >= 0.6 is 23.2 Å². The molecule has 3 aromatic rings. The fourth-order valence-corrected chi connectivity index (χ4v) is 4.98. The number of aromatic nitrogens is 2. The number of carbonyl (C=O) groups is 1. The Balaban J connectivity index is 1.61. The molecular weight excluding hydrogens is 447 g/mol. The molecule has 6 nitrogen and oxygen atoms in total. The second kappa shape index (κ2) is 9.14. The molecule has 2 aromatic heterocycles. The topological polar surface area (TPSA) is 63.3 Å². The number of piperidine rings is 1. The van der Waals surface area contributed by atoms with Crippen molar-refractivity contribution in [1.82, 2.24) is 20.2 Å². The molecule has 0 radical (unpaired) electrons. The van der Waals surface area contributed by atoms with Gasteiger partial charge in [0.2, 0.25) is 0 Å². The lowest BCUT2D eigenvalue weighted by atomic mass is 9.90. The van der Waals surface area contributed by atoms with Crippen molar-refractivity contribution in [3.63, 3.8) is 0 Å². The van der Waals surface area contributed by atoms with Gasteiger partial charge in [-0.1, -0.05) is 29.6 Å². The minimum Gasteiger partial charge on any atom is -0.465 e. The summed E-state index contributed by atoms with van der Waals surface area (Å²) in [6, 6.07) is 9.09. The van der Waals surface area contributed by atoms with Crippen LogP contribution in [0.5, 0.6) is 0 Å². The van der Waals surface area contributed by atoms with Crippen LogP contribution in [-0.4, -0.2) is 33.8 Å². The van der Waals surface area contributed by atoms with Gasteiger partial charge in [0.05, 0.1) is 22.7 Å². The number of nitrogens with one attached hydrogen (secondary N) is 1. The summed E-state index contributed by atoms with van der Waals surface area (Å²) >= 11 is 12.7. The van der Waals surface area contributed by atoms with Crippen molar-refractivity contribution in [3.8, 4) is 5.69 Å². The molecular formula is C24H24Cl2N4O2. The van der Waals surface area contributed by atoms with Crippen LogP contribution in [0.2, 0.25) is 10.0 Å². The number of halogens is 2. The Hall–Kier alpha value is -2.54. The molecule has 0 spiro atoms. The third-order valence-electron chi connectivity index (χ3n) is 5.99. The fraction of sp³-hybridized carbons (Fsp3) is 0.333. The van der Waals surface area contributed by atoms with Crippen LogP contribution in [0.3, 0.4) is 0 Å². The molecule has 0 bridgehead atoms. The number of hydrazine groups is 1. The first-order chi connectivity index (χ1) is 15.6. The minimum atomic E-state index is -0.175. The first kappa shape index (κ1) is 21.3. The first-order valence-corrected chi connectivity index (χ1v) is 11.7. The van der Waals surface area contributed by atoms with Crippen molar-refractivity contribution in [2.24, 2.45) is 0 Å². The van der Waals surface area contributed by atoms with Crippen LogP contribution in [0.25, 0.3) is 17.3 Å². The van der Waals surface area contributed by atoms with Gasteiger partial charge in [-0.3, -0.25) is 10.2 Å². The van der Waals surface area contributed by atoms with Gasteiger partial charge in [-0.15, -0.1) is 0 Å². The Kier molecular flexibility index (Phi) is 6.09. The summed E-state index contributed by atoms with van der Waals surface area (Å²) in [4.78, 5) is 13.3. The number of benzene rings is 1. The summed E-state index contributed by atoms with van der Waals surface area (Å²) in [5.74, 6) is 0.591. The third-order valence-corrected chi connectivity index (χ3v) is 6.53. The number of fused-ring (bicyclic) bond motifs is 1. The smallest absolute Gasteiger partial charge is 0.286 e. The highest BCUT2D eigenvalue weighted by molar-refractivity contribution is 6.35. The Morgan fingerprint density at radius 1 is 1.09 bits per heavy atom. The van der Waals surface area contributed by atoms with E-state index in [1.165, 1.54) is 6.42 Å². The number of hydrogen-bond acceptors (Lipinski definition) is 4. The zero-order valence-electron chi connectivity index (χ0n) is 17.6. The van der Waals surface area contributed by atoms with E-state index in [4.69, 9.17) is 32.7 Å². The quantitative estimate of drug-likeness (QED) is 0.524. The van der Waals surface area contributed by atoms with Gasteiger partial charge < -0.3 is 4.42 Å². The van der Waals surface area contributed by atoms with Crippen LogP contribution in [-0.2, 0) is 6.42 Å². The van der Waals surface area contributed by atoms with E-state index in [0.29, 0.717) is 21.4 Å². The fourth-order valence-electron chi connectivity index (χ4n) is 4.49. The van der Waals surface area contributed by atoms with Crippen LogP contribution in [0, 0.1) is 0 Å². The van der Waals surface area contributed by atoms with Crippen molar-refractivity contribution in [1.29, 1.82) is 0 Å². The van der Waals surface area contributed by atoms with E-state index in [-0.39, 0.29) is 5.91 Å². The molecule has 1 N–H and O–H groups in total. The second-order valence-electron chi connectivity index (χ2n) is 8.21. The number of rotatable bonds is 4. The van der Waals surface area contributed by atoms with Crippen LogP contribution in [0.15, 0.2) is 41.0 Å². The van der Waals surface area contributed by atoms with Gasteiger partial charge in [-0.2, -0.15) is 5.10 Å². The summed E-state index contributed by atoms with van der Waals surface area (Å²) in [6.07, 6.45) is 9.62. The van der Waals surface area contributed by atoms with Crippen LogP contribution in [0.1, 0.15) is 59.6 Å². The molecule has 166 valence electrons. The Labute approximate surface area is 196 Å². The summed E-state index contributed by atoms with van der Waals surface area (Å²) in [5.41, 5.74) is 7.11. The largest absolute Gasteiger partial charge is 0.465 e. The lowest BCUT2D eigenvalue weighted by molar-refractivity contribution is 0.0743. The highest BCUT2D eigenvalue weighted by atomic mass is 35.5. The van der Waals surface area contributed by atoms with Gasteiger partial charge >= 0.3 is 0 Å². The number of allylic oxidation sites excluding steroid dienone is 1. The molecule has 0 saturated carbocycles. The van der Waals surface area contributed by atoms with Gasteiger partial charge in [0, 0.05) is 23.7 Å². The van der Waals surface area contributed by atoms with Crippen molar-refractivity contribution in [2.75, 3.05) is 13.1 Å². The van der Waals surface area contributed by atoms with Gasteiger partial charge in [0.15, 0.2) is 5.69 Å². The normalized spacial score (nSPS) is 18.0. The summed E-state index contributed by atoms with van der Waals surface area (Å²) in [5, 5.41) is 7.80. The minimum absolute atomic E-state index is 0.175. The molecule has 1 aliphatic heterocycles. The Bertz CT molecular complexity index is 1160.